The molecule has 0 bridgehead atoms. The summed E-state index contributed by atoms with van der Waals surface area (Å²) in [6, 6.07) is 11.3. The van der Waals surface area contributed by atoms with Gasteiger partial charge in [-0.2, -0.15) is 0 Å². The number of amides is 5. The fourth-order valence-corrected chi connectivity index (χ4v) is 7.79. The number of imidazole rings is 1. The molecule has 17 heteroatoms. The number of carbonyl (C=O) groups is 4. The van der Waals surface area contributed by atoms with Crippen LogP contribution in [0.25, 0.3) is 11.3 Å². The van der Waals surface area contributed by atoms with Crippen molar-refractivity contribution >= 4 is 23.9 Å². The zero-order valence-electron chi connectivity index (χ0n) is 30.6. The summed E-state index contributed by atoms with van der Waals surface area (Å²) >= 11 is 0. The number of benzene rings is 2. The van der Waals surface area contributed by atoms with Crippen LogP contribution in [0, 0.1) is 23.5 Å². The predicted octanol–water partition coefficient (Wildman–Crippen LogP) is 3.02. The van der Waals surface area contributed by atoms with Gasteiger partial charge in [0.2, 0.25) is 0 Å². The Bertz CT molecular complexity index is 1920. The SMILES string of the molecule is O=C(NCCN1C(=O)C=CC1=O)O[C@H]1CN(C(=O)N(C[C@@H]2CNC[C@@H]2F)[C@@H](c2nc(-c3cc(F)ccc3F)cn2Cc2ccccc2)C2CCOCC2)C[C@H]1O. The molecule has 5 atom stereocenters. The van der Waals surface area contributed by atoms with Crippen molar-refractivity contribution in [3.05, 3.63) is 89.9 Å². The van der Waals surface area contributed by atoms with Crippen molar-refractivity contribution in [1.82, 2.24) is 34.9 Å². The number of aromatic nitrogens is 2. The Kier molecular flexibility index (Phi) is 12.0. The monoisotopic (exact) mass is 779 g/mol. The van der Waals surface area contributed by atoms with Crippen molar-refractivity contribution in [1.29, 1.82) is 0 Å². The number of halogens is 3. The minimum atomic E-state index is -1.26. The van der Waals surface area contributed by atoms with Crippen LogP contribution in [0.2, 0.25) is 0 Å². The van der Waals surface area contributed by atoms with E-state index in [1.54, 1.807) is 11.1 Å². The topological polar surface area (TPSA) is 159 Å². The third-order valence-electron chi connectivity index (χ3n) is 10.7. The van der Waals surface area contributed by atoms with Gasteiger partial charge in [-0.05, 0) is 42.5 Å². The summed E-state index contributed by atoms with van der Waals surface area (Å²) < 4.78 is 58.2. The Labute approximate surface area is 321 Å². The van der Waals surface area contributed by atoms with Gasteiger partial charge in [-0.25, -0.2) is 27.7 Å². The van der Waals surface area contributed by atoms with Gasteiger partial charge in [-0.3, -0.25) is 14.5 Å². The Hall–Kier alpha value is -5.26. The largest absolute Gasteiger partial charge is 0.442 e. The third kappa shape index (κ3) is 8.74. The van der Waals surface area contributed by atoms with Crippen molar-refractivity contribution in [3.63, 3.8) is 0 Å². The number of ether oxygens (including phenoxy) is 2. The molecule has 0 saturated carbocycles. The van der Waals surface area contributed by atoms with Crippen LogP contribution < -0.4 is 10.6 Å². The lowest BCUT2D eigenvalue weighted by atomic mass is 9.89. The van der Waals surface area contributed by atoms with Gasteiger partial charge >= 0.3 is 12.1 Å². The van der Waals surface area contributed by atoms with Gasteiger partial charge in [-0.15, -0.1) is 0 Å². The molecule has 0 aliphatic carbocycles. The second-order valence-corrected chi connectivity index (χ2v) is 14.5. The maximum absolute atomic E-state index is 15.4. The van der Waals surface area contributed by atoms with Gasteiger partial charge < -0.3 is 39.6 Å². The predicted molar refractivity (Wildman–Crippen MR) is 194 cm³/mol. The molecule has 14 nitrogen and oxygen atoms in total. The first kappa shape index (κ1) is 39.0. The maximum atomic E-state index is 15.4. The number of hydrogen-bond acceptors (Lipinski definition) is 9. The van der Waals surface area contributed by atoms with E-state index in [4.69, 9.17) is 14.5 Å². The highest BCUT2D eigenvalue weighted by molar-refractivity contribution is 6.12. The fourth-order valence-electron chi connectivity index (χ4n) is 7.79. The summed E-state index contributed by atoms with van der Waals surface area (Å²) in [7, 11) is 0. The van der Waals surface area contributed by atoms with E-state index in [2.05, 4.69) is 10.6 Å². The van der Waals surface area contributed by atoms with Crippen LogP contribution in [0.1, 0.15) is 30.3 Å². The number of nitrogens with one attached hydrogen (secondary N) is 2. The smallest absolute Gasteiger partial charge is 0.407 e. The minimum Gasteiger partial charge on any atom is -0.442 e. The number of hydrogen-bond donors (Lipinski definition) is 3. The average Bonchev–Trinajstić information content (AvgIpc) is 3.97. The van der Waals surface area contributed by atoms with Crippen LogP contribution in [0.5, 0.6) is 0 Å². The van der Waals surface area contributed by atoms with Gasteiger partial charge in [0.15, 0.2) is 0 Å². The number of carbonyl (C=O) groups excluding carboxylic acids is 4. The molecule has 3 fully saturated rings. The van der Waals surface area contributed by atoms with Gasteiger partial charge in [0, 0.05) is 82.3 Å². The van der Waals surface area contributed by atoms with E-state index < -0.39 is 65.9 Å². The number of β-amino-alcohol motifs (C(OH)–C–C–N with tert-alkyl or cyclic N) is 1. The fraction of sp³-hybridized carbons (Fsp3) is 0.462. The van der Waals surface area contributed by atoms with Crippen LogP contribution in [-0.2, 0) is 25.6 Å². The molecule has 1 aromatic heterocycles. The van der Waals surface area contributed by atoms with Crippen molar-refractivity contribution in [2.24, 2.45) is 11.8 Å². The Morgan fingerprint density at radius 2 is 1.80 bits per heavy atom. The number of imide groups is 1. The van der Waals surface area contributed by atoms with Gasteiger partial charge in [-0.1, -0.05) is 30.3 Å². The minimum absolute atomic E-state index is 0.0295. The molecule has 2 aromatic carbocycles. The van der Waals surface area contributed by atoms with Crippen LogP contribution in [0.4, 0.5) is 22.8 Å². The molecule has 56 heavy (non-hydrogen) atoms. The van der Waals surface area contributed by atoms with Crippen LogP contribution in [0.3, 0.4) is 0 Å². The van der Waals surface area contributed by atoms with E-state index in [9.17, 15) is 28.7 Å². The Balaban J connectivity index is 1.19. The lowest BCUT2D eigenvalue weighted by Crippen LogP contribution is -2.50. The number of likely N-dealkylation sites (tertiary alicyclic amines) is 1. The van der Waals surface area contributed by atoms with Crippen LogP contribution in [-0.4, -0.2) is 131 Å². The molecule has 0 unspecified atom stereocenters. The number of aliphatic hydroxyl groups is 1. The molecular weight excluding hydrogens is 735 g/mol. The molecule has 4 aliphatic heterocycles. The second-order valence-electron chi connectivity index (χ2n) is 14.5. The number of rotatable bonds is 12. The van der Waals surface area contributed by atoms with Gasteiger partial charge in [0.1, 0.15) is 35.8 Å². The summed E-state index contributed by atoms with van der Waals surface area (Å²) in [6.07, 6.45) is 0.402. The second kappa shape index (κ2) is 17.3. The first-order chi connectivity index (χ1) is 27.0. The molecule has 3 N–H and O–H groups in total. The molecule has 3 saturated heterocycles. The quantitative estimate of drug-likeness (QED) is 0.235. The first-order valence-electron chi connectivity index (χ1n) is 18.8. The van der Waals surface area contributed by atoms with Crippen molar-refractivity contribution in [2.75, 3.05) is 59.0 Å². The third-order valence-corrected chi connectivity index (χ3v) is 10.7. The average molecular weight is 780 g/mol. The van der Waals surface area contributed by atoms with Crippen LogP contribution >= 0.6 is 0 Å². The highest BCUT2D eigenvalue weighted by atomic mass is 19.1. The summed E-state index contributed by atoms with van der Waals surface area (Å²) in [6.45, 7) is 0.909. The normalized spacial score (nSPS) is 23.2. The molecule has 7 rings (SSSR count). The van der Waals surface area contributed by atoms with Crippen molar-refractivity contribution in [3.8, 4) is 11.3 Å². The number of aliphatic hydroxyl groups excluding tert-OH is 1. The summed E-state index contributed by atoms with van der Waals surface area (Å²) in [4.78, 5) is 60.1. The molecule has 0 spiro atoms. The zero-order chi connectivity index (χ0) is 39.3. The van der Waals surface area contributed by atoms with E-state index in [0.29, 0.717) is 38.4 Å². The van der Waals surface area contributed by atoms with Crippen LogP contribution in [0.15, 0.2) is 66.9 Å². The van der Waals surface area contributed by atoms with E-state index in [-0.39, 0.29) is 63.0 Å². The summed E-state index contributed by atoms with van der Waals surface area (Å²) in [5.41, 5.74) is 0.997. The number of nitrogens with zero attached hydrogens (tertiary/aromatic N) is 5. The van der Waals surface area contributed by atoms with E-state index in [0.717, 1.165) is 40.8 Å². The Morgan fingerprint density at radius 1 is 1.05 bits per heavy atom. The van der Waals surface area contributed by atoms with Gasteiger partial charge in [0.25, 0.3) is 11.8 Å². The summed E-state index contributed by atoms with van der Waals surface area (Å²) in [5.74, 6) is -2.75. The zero-order valence-corrected chi connectivity index (χ0v) is 30.6. The maximum Gasteiger partial charge on any atom is 0.407 e. The van der Waals surface area contributed by atoms with Crippen molar-refractivity contribution in [2.45, 2.75) is 43.8 Å². The van der Waals surface area contributed by atoms with E-state index in [1.807, 2.05) is 34.9 Å². The van der Waals surface area contributed by atoms with E-state index in [1.165, 1.54) is 4.90 Å². The van der Waals surface area contributed by atoms with Crippen molar-refractivity contribution < 1.29 is 46.9 Å². The molecule has 5 amide bonds. The highest BCUT2D eigenvalue weighted by Gasteiger charge is 2.45. The number of alkyl halides is 1. The number of alkyl carbamates (subject to hydrolysis) is 1. The molecule has 4 aliphatic rings. The molecule has 0 radical (unpaired) electrons. The van der Waals surface area contributed by atoms with E-state index >= 15 is 8.78 Å². The lowest BCUT2D eigenvalue weighted by molar-refractivity contribution is -0.136. The summed E-state index contributed by atoms with van der Waals surface area (Å²) in [5, 5.41) is 16.6. The number of urea groups is 1. The Morgan fingerprint density at radius 3 is 2.52 bits per heavy atom. The molecule has 298 valence electrons. The standard InChI is InChI=1S/C39H44F3N7O7/c40-27-6-7-29(41)28(16-27)31-21-46(19-24-4-2-1-3-5-24)37(45-31)36(25-10-14-55-15-11-25)49(20-26-17-43-18-30(26)42)39(54)47-22-32(50)33(23-47)56-38(53)44-12-13-48-34(51)8-9-35(48)52/h1-9,16,21,25-26,30,32-33,36,43,50H,10-15,17-20,22-23H2,(H,44,53)/t26-,30-,32+,33-,36+/m0/s1. The first-order valence-corrected chi connectivity index (χ1v) is 18.8. The lowest BCUT2D eigenvalue weighted by Gasteiger charge is -2.41. The highest BCUT2D eigenvalue weighted by Crippen LogP contribution is 2.39. The molecular formula is C39H44F3N7O7. The molecule has 3 aromatic rings. The molecule has 5 heterocycles. The van der Waals surface area contributed by atoms with Gasteiger partial charge in [0.05, 0.1) is 24.8 Å².